The first-order chi connectivity index (χ1) is 11.3. The van der Waals surface area contributed by atoms with Crippen molar-refractivity contribution < 1.29 is 13.7 Å². The van der Waals surface area contributed by atoms with Crippen LogP contribution < -0.4 is 0 Å². The predicted octanol–water partition coefficient (Wildman–Crippen LogP) is 2.02. The second-order valence-electron chi connectivity index (χ2n) is 5.42. The Morgan fingerprint density at radius 1 is 1.35 bits per heavy atom. The molecule has 0 radical (unpaired) electrons. The van der Waals surface area contributed by atoms with E-state index in [1.807, 2.05) is 0 Å². The largest absolute Gasteiger partial charge is 0.381 e. The van der Waals surface area contributed by atoms with E-state index in [9.17, 15) is 4.39 Å². The van der Waals surface area contributed by atoms with Gasteiger partial charge in [0.2, 0.25) is 11.7 Å². The van der Waals surface area contributed by atoms with Crippen LogP contribution in [0.15, 0.2) is 35.4 Å². The molecule has 3 heterocycles. The quantitative estimate of drug-likeness (QED) is 0.733. The van der Waals surface area contributed by atoms with Gasteiger partial charge < -0.3 is 9.26 Å². The van der Waals surface area contributed by atoms with Gasteiger partial charge in [-0.2, -0.15) is 10.1 Å². The summed E-state index contributed by atoms with van der Waals surface area (Å²) in [6, 6.07) is 4.88. The summed E-state index contributed by atoms with van der Waals surface area (Å²) in [5, 5.41) is 7.91. The summed E-state index contributed by atoms with van der Waals surface area (Å²) in [7, 11) is 0. The molecule has 1 aliphatic rings. The van der Waals surface area contributed by atoms with Crippen molar-refractivity contribution in [3.63, 3.8) is 0 Å². The number of hydrogen-bond acceptors (Lipinski definition) is 6. The molecule has 1 fully saturated rings. The van der Waals surface area contributed by atoms with Crippen LogP contribution in [-0.2, 0) is 11.3 Å². The Kier molecular flexibility index (Phi) is 3.58. The molecule has 1 aromatic carbocycles. The van der Waals surface area contributed by atoms with Crippen molar-refractivity contribution in [1.29, 1.82) is 0 Å². The van der Waals surface area contributed by atoms with Crippen molar-refractivity contribution in [2.75, 3.05) is 13.2 Å². The summed E-state index contributed by atoms with van der Waals surface area (Å²) in [6.45, 7) is 1.61. The van der Waals surface area contributed by atoms with Gasteiger partial charge >= 0.3 is 0 Å². The first-order valence-electron chi connectivity index (χ1n) is 7.32. The smallest absolute Gasteiger partial charge is 0.232 e. The number of aromatic nitrogens is 5. The van der Waals surface area contributed by atoms with E-state index in [0.717, 1.165) is 6.42 Å². The standard InChI is InChI=1S/C15H14FN5O2/c16-13-5-10(1-2-11(13)6-21-9-17-8-18-21)14-19-15(23-20-14)12-3-4-22-7-12/h1-2,5,8-9,12H,3-4,6-7H2/t12-/m1/s1. The fourth-order valence-electron chi connectivity index (χ4n) is 2.55. The highest BCUT2D eigenvalue weighted by molar-refractivity contribution is 5.55. The Bertz CT molecular complexity index is 796. The van der Waals surface area contributed by atoms with Crippen molar-refractivity contribution in [1.82, 2.24) is 24.9 Å². The third-order valence-electron chi connectivity index (χ3n) is 3.83. The lowest BCUT2D eigenvalue weighted by Crippen LogP contribution is -2.02. The molecule has 2 aromatic heterocycles. The van der Waals surface area contributed by atoms with Gasteiger partial charge in [0.05, 0.1) is 19.1 Å². The highest BCUT2D eigenvalue weighted by Gasteiger charge is 2.24. The van der Waals surface area contributed by atoms with Crippen molar-refractivity contribution in [3.8, 4) is 11.4 Å². The topological polar surface area (TPSA) is 78.9 Å². The van der Waals surface area contributed by atoms with Crippen LogP contribution in [0.3, 0.4) is 0 Å². The summed E-state index contributed by atoms with van der Waals surface area (Å²) >= 11 is 0. The summed E-state index contributed by atoms with van der Waals surface area (Å²) in [4.78, 5) is 8.20. The van der Waals surface area contributed by atoms with Crippen molar-refractivity contribution >= 4 is 0 Å². The first-order valence-corrected chi connectivity index (χ1v) is 7.32. The molecular weight excluding hydrogens is 301 g/mol. The van der Waals surface area contributed by atoms with E-state index in [4.69, 9.17) is 9.26 Å². The molecule has 1 atom stereocenters. The normalized spacial score (nSPS) is 17.7. The van der Waals surface area contributed by atoms with E-state index in [-0.39, 0.29) is 11.7 Å². The second-order valence-corrected chi connectivity index (χ2v) is 5.42. The van der Waals surface area contributed by atoms with Crippen molar-refractivity contribution in [2.45, 2.75) is 18.9 Å². The zero-order chi connectivity index (χ0) is 15.6. The van der Waals surface area contributed by atoms with E-state index in [1.54, 1.807) is 23.1 Å². The molecule has 23 heavy (non-hydrogen) atoms. The van der Waals surface area contributed by atoms with Crippen LogP contribution in [0.25, 0.3) is 11.4 Å². The van der Waals surface area contributed by atoms with Gasteiger partial charge in [-0.25, -0.2) is 14.1 Å². The highest BCUT2D eigenvalue weighted by atomic mass is 19.1. The molecule has 3 aromatic rings. The Morgan fingerprint density at radius 3 is 3.04 bits per heavy atom. The van der Waals surface area contributed by atoms with Gasteiger partial charge in [0.15, 0.2) is 0 Å². The second kappa shape index (κ2) is 5.88. The molecule has 1 aliphatic heterocycles. The Balaban J connectivity index is 1.56. The molecule has 0 bridgehead atoms. The third-order valence-corrected chi connectivity index (χ3v) is 3.83. The molecule has 118 valence electrons. The van der Waals surface area contributed by atoms with Crippen LogP contribution in [0.2, 0.25) is 0 Å². The van der Waals surface area contributed by atoms with Crippen LogP contribution >= 0.6 is 0 Å². The molecule has 0 aliphatic carbocycles. The molecule has 0 spiro atoms. The van der Waals surface area contributed by atoms with E-state index in [0.29, 0.717) is 42.6 Å². The number of hydrogen-bond donors (Lipinski definition) is 0. The minimum absolute atomic E-state index is 0.132. The minimum atomic E-state index is -0.339. The maximum Gasteiger partial charge on any atom is 0.232 e. The van der Waals surface area contributed by atoms with E-state index in [1.165, 1.54) is 12.4 Å². The zero-order valence-corrected chi connectivity index (χ0v) is 12.2. The Labute approximate surface area is 131 Å². The monoisotopic (exact) mass is 315 g/mol. The number of rotatable bonds is 4. The van der Waals surface area contributed by atoms with Gasteiger partial charge in [0.1, 0.15) is 18.5 Å². The summed E-state index contributed by atoms with van der Waals surface area (Å²) in [6.07, 6.45) is 3.83. The van der Waals surface area contributed by atoms with Crippen molar-refractivity contribution in [3.05, 3.63) is 48.1 Å². The lowest BCUT2D eigenvalue weighted by Gasteiger charge is -2.04. The first kappa shape index (κ1) is 14.0. The molecule has 0 saturated carbocycles. The molecular formula is C15H14FN5O2. The van der Waals surface area contributed by atoms with Gasteiger partial charge in [-0.1, -0.05) is 17.3 Å². The van der Waals surface area contributed by atoms with Gasteiger partial charge in [0, 0.05) is 17.7 Å². The number of nitrogens with zero attached hydrogens (tertiary/aromatic N) is 5. The molecule has 0 amide bonds. The highest BCUT2D eigenvalue weighted by Crippen LogP contribution is 2.26. The molecule has 0 unspecified atom stereocenters. The van der Waals surface area contributed by atoms with Crippen LogP contribution in [0.5, 0.6) is 0 Å². The SMILES string of the molecule is Fc1cc(-c2noc([C@@H]3CCOC3)n2)ccc1Cn1cncn1. The predicted molar refractivity (Wildman–Crippen MR) is 77.0 cm³/mol. The van der Waals surface area contributed by atoms with Gasteiger partial charge in [-0.15, -0.1) is 0 Å². The zero-order valence-electron chi connectivity index (χ0n) is 12.2. The number of benzene rings is 1. The third kappa shape index (κ3) is 2.85. The van der Waals surface area contributed by atoms with Gasteiger partial charge in [0.25, 0.3) is 0 Å². The fraction of sp³-hybridized carbons (Fsp3) is 0.333. The number of halogens is 1. The maximum atomic E-state index is 14.3. The van der Waals surface area contributed by atoms with E-state index < -0.39 is 0 Å². The Hall–Kier alpha value is -2.61. The minimum Gasteiger partial charge on any atom is -0.381 e. The van der Waals surface area contributed by atoms with Crippen LogP contribution in [0.1, 0.15) is 23.8 Å². The summed E-state index contributed by atoms with van der Waals surface area (Å²) < 4.78 is 26.4. The molecule has 1 saturated heterocycles. The summed E-state index contributed by atoms with van der Waals surface area (Å²) in [5.41, 5.74) is 1.10. The van der Waals surface area contributed by atoms with Crippen LogP contribution in [0, 0.1) is 5.82 Å². The lowest BCUT2D eigenvalue weighted by atomic mass is 10.1. The molecule has 0 N–H and O–H groups in total. The lowest BCUT2D eigenvalue weighted by molar-refractivity contribution is 0.189. The average molecular weight is 315 g/mol. The van der Waals surface area contributed by atoms with Gasteiger partial charge in [-0.05, 0) is 12.5 Å². The average Bonchev–Trinajstić information content (AvgIpc) is 3.31. The number of ether oxygens (including phenoxy) is 1. The Morgan fingerprint density at radius 2 is 2.30 bits per heavy atom. The maximum absolute atomic E-state index is 14.3. The molecule has 8 heteroatoms. The molecule has 4 rings (SSSR count). The van der Waals surface area contributed by atoms with E-state index >= 15 is 0 Å². The van der Waals surface area contributed by atoms with E-state index in [2.05, 4.69) is 20.2 Å². The fourth-order valence-corrected chi connectivity index (χ4v) is 2.55. The molecule has 7 nitrogen and oxygen atoms in total. The van der Waals surface area contributed by atoms with Crippen molar-refractivity contribution in [2.24, 2.45) is 0 Å². The van der Waals surface area contributed by atoms with Gasteiger partial charge in [-0.3, -0.25) is 0 Å². The van der Waals surface area contributed by atoms with Crippen LogP contribution in [0.4, 0.5) is 4.39 Å². The van der Waals surface area contributed by atoms with Crippen LogP contribution in [-0.4, -0.2) is 38.1 Å². The summed E-state index contributed by atoms with van der Waals surface area (Å²) in [5.74, 6) is 0.726.